The maximum absolute atomic E-state index is 12.7. The van der Waals surface area contributed by atoms with Gasteiger partial charge in [0, 0.05) is 10.8 Å². The fourth-order valence-corrected chi connectivity index (χ4v) is 3.65. The van der Waals surface area contributed by atoms with Crippen LogP contribution < -0.4 is 9.16 Å². The first-order valence-corrected chi connectivity index (χ1v) is 11.9. The fraction of sp³-hybridized carbons (Fsp3) is 0.190. The van der Waals surface area contributed by atoms with Gasteiger partial charge in [0.2, 0.25) is 8.32 Å². The number of phenolic OH excluding ortho intramolecular Hbond substituents is 1. The number of carbonyl (C=O) groups excluding carboxylic acids is 1. The first-order valence-electron chi connectivity index (χ1n) is 8.48. The van der Waals surface area contributed by atoms with Gasteiger partial charge in [0.25, 0.3) is 0 Å². The molecular weight excluding hydrogens is 344 g/mol. The van der Waals surface area contributed by atoms with Gasteiger partial charge in [-0.25, -0.2) is 4.79 Å². The second kappa shape index (κ2) is 6.84. The van der Waals surface area contributed by atoms with E-state index in [0.29, 0.717) is 16.9 Å². The third kappa shape index (κ3) is 3.73. The van der Waals surface area contributed by atoms with Gasteiger partial charge in [-0.3, -0.25) is 0 Å². The number of rotatable bonds is 4. The molecule has 0 unspecified atom stereocenters. The Bertz CT molecular complexity index is 959. The molecule has 3 aromatic carbocycles. The Morgan fingerprint density at radius 1 is 1.00 bits per heavy atom. The Morgan fingerprint density at radius 3 is 2.35 bits per heavy atom. The number of ether oxygens (including phenoxy) is 1. The average molecular weight is 366 g/mol. The maximum atomic E-state index is 12.7. The van der Waals surface area contributed by atoms with Crippen molar-refractivity contribution in [2.45, 2.75) is 26.6 Å². The van der Waals surface area contributed by atoms with Crippen LogP contribution in [0.25, 0.3) is 10.8 Å². The lowest BCUT2D eigenvalue weighted by Crippen LogP contribution is -2.29. The summed E-state index contributed by atoms with van der Waals surface area (Å²) in [6.07, 6.45) is 0. The van der Waals surface area contributed by atoms with E-state index in [9.17, 15) is 9.90 Å². The number of carbonyl (C=O) groups is 1. The van der Waals surface area contributed by atoms with E-state index in [1.54, 1.807) is 36.4 Å². The minimum absolute atomic E-state index is 0.0902. The van der Waals surface area contributed by atoms with Crippen LogP contribution in [0.2, 0.25) is 19.6 Å². The molecule has 5 heteroatoms. The van der Waals surface area contributed by atoms with Crippen molar-refractivity contribution in [1.82, 2.24) is 0 Å². The molecule has 0 atom stereocenters. The molecule has 134 valence electrons. The smallest absolute Gasteiger partial charge is 0.347 e. The lowest BCUT2D eigenvalue weighted by Gasteiger charge is -2.22. The summed E-state index contributed by atoms with van der Waals surface area (Å²) < 4.78 is 11.6. The second-order valence-corrected chi connectivity index (χ2v) is 11.6. The predicted octanol–water partition coefficient (Wildman–Crippen LogP) is 5.29. The molecule has 0 bridgehead atoms. The molecule has 0 spiro atoms. The van der Waals surface area contributed by atoms with E-state index in [2.05, 4.69) is 19.6 Å². The van der Waals surface area contributed by atoms with Crippen LogP contribution in [-0.4, -0.2) is 19.4 Å². The van der Waals surface area contributed by atoms with Gasteiger partial charge >= 0.3 is 5.97 Å². The highest BCUT2D eigenvalue weighted by Crippen LogP contribution is 2.39. The fourth-order valence-electron chi connectivity index (χ4n) is 2.83. The average Bonchev–Trinajstić information content (AvgIpc) is 2.57. The summed E-state index contributed by atoms with van der Waals surface area (Å²) in [7, 11) is -1.92. The van der Waals surface area contributed by atoms with Crippen LogP contribution in [0, 0.1) is 6.92 Å². The minimum atomic E-state index is -1.92. The Labute approximate surface area is 154 Å². The molecule has 3 aromatic rings. The molecule has 0 heterocycles. The highest BCUT2D eigenvalue weighted by atomic mass is 28.4. The van der Waals surface area contributed by atoms with E-state index in [1.165, 1.54) is 0 Å². The summed E-state index contributed by atoms with van der Waals surface area (Å²) in [4.78, 5) is 12.7. The molecule has 0 saturated carbocycles. The van der Waals surface area contributed by atoms with Crippen molar-refractivity contribution in [3.8, 4) is 17.2 Å². The highest BCUT2D eigenvalue weighted by Gasteiger charge is 2.24. The van der Waals surface area contributed by atoms with Gasteiger partial charge in [-0.2, -0.15) is 0 Å². The minimum Gasteiger partial charge on any atom is -0.544 e. The largest absolute Gasteiger partial charge is 0.544 e. The summed E-state index contributed by atoms with van der Waals surface area (Å²) in [5.41, 5.74) is 1.08. The van der Waals surface area contributed by atoms with E-state index in [1.807, 2.05) is 25.1 Å². The van der Waals surface area contributed by atoms with Crippen molar-refractivity contribution in [1.29, 1.82) is 0 Å². The number of fused-ring (bicyclic) bond motifs is 1. The van der Waals surface area contributed by atoms with Crippen LogP contribution in [0.4, 0.5) is 0 Å². The molecule has 0 amide bonds. The SMILES string of the molecule is Cc1cccc2c(O)c(C(=O)Oc3ccccc3)cc(O[Si](C)(C)C)c12. The maximum Gasteiger partial charge on any atom is 0.347 e. The molecule has 3 rings (SSSR count). The molecular formula is C21H22O4Si. The van der Waals surface area contributed by atoms with E-state index in [-0.39, 0.29) is 11.3 Å². The molecule has 0 aliphatic rings. The number of aromatic hydroxyl groups is 1. The highest BCUT2D eigenvalue weighted by molar-refractivity contribution is 6.70. The first-order chi connectivity index (χ1) is 12.3. The number of benzene rings is 3. The Kier molecular flexibility index (Phi) is 4.74. The summed E-state index contributed by atoms with van der Waals surface area (Å²) in [6.45, 7) is 8.19. The van der Waals surface area contributed by atoms with Crippen molar-refractivity contribution in [2.75, 3.05) is 0 Å². The third-order valence-electron chi connectivity index (χ3n) is 3.89. The lowest BCUT2D eigenvalue weighted by atomic mass is 10.0. The molecule has 0 radical (unpaired) electrons. The molecule has 0 aromatic heterocycles. The van der Waals surface area contributed by atoms with E-state index in [0.717, 1.165) is 10.9 Å². The Morgan fingerprint density at radius 2 is 1.69 bits per heavy atom. The quantitative estimate of drug-likeness (QED) is 0.387. The Balaban J connectivity index is 2.14. The van der Waals surface area contributed by atoms with E-state index < -0.39 is 14.3 Å². The third-order valence-corrected chi connectivity index (χ3v) is 4.73. The van der Waals surface area contributed by atoms with Crippen molar-refractivity contribution in [3.05, 3.63) is 65.7 Å². The normalized spacial score (nSPS) is 11.4. The molecule has 4 nitrogen and oxygen atoms in total. The van der Waals surface area contributed by atoms with Crippen molar-refractivity contribution >= 4 is 25.1 Å². The molecule has 0 aliphatic heterocycles. The van der Waals surface area contributed by atoms with Crippen LogP contribution in [-0.2, 0) is 0 Å². The van der Waals surface area contributed by atoms with Crippen LogP contribution in [0.5, 0.6) is 17.2 Å². The number of hydrogen-bond donors (Lipinski definition) is 1. The van der Waals surface area contributed by atoms with Crippen molar-refractivity contribution in [2.24, 2.45) is 0 Å². The lowest BCUT2D eigenvalue weighted by molar-refractivity contribution is 0.0731. The van der Waals surface area contributed by atoms with Crippen molar-refractivity contribution in [3.63, 3.8) is 0 Å². The molecule has 26 heavy (non-hydrogen) atoms. The summed E-state index contributed by atoms with van der Waals surface area (Å²) in [6, 6.07) is 16.0. The van der Waals surface area contributed by atoms with Gasteiger partial charge in [-0.15, -0.1) is 0 Å². The number of esters is 1. The first kappa shape index (κ1) is 18.0. The topological polar surface area (TPSA) is 55.8 Å². The van der Waals surface area contributed by atoms with Gasteiger partial charge in [0.15, 0.2) is 0 Å². The zero-order valence-corrected chi connectivity index (χ0v) is 16.4. The van der Waals surface area contributed by atoms with E-state index >= 15 is 0 Å². The standard InChI is InChI=1S/C21H22O4Si/c1-14-9-8-12-16-19(14)18(25-26(2,3)4)13-17(20(16)22)21(23)24-15-10-6-5-7-11-15/h5-13,22H,1-4H3. The van der Waals surface area contributed by atoms with Gasteiger partial charge in [-0.1, -0.05) is 36.4 Å². The van der Waals surface area contributed by atoms with Crippen LogP contribution >= 0.6 is 0 Å². The molecule has 0 saturated heterocycles. The second-order valence-electron chi connectivity index (χ2n) is 7.19. The van der Waals surface area contributed by atoms with Gasteiger partial charge in [0.05, 0.1) is 0 Å². The van der Waals surface area contributed by atoms with Gasteiger partial charge in [-0.05, 0) is 50.3 Å². The molecule has 0 aliphatic carbocycles. The van der Waals surface area contributed by atoms with E-state index in [4.69, 9.17) is 9.16 Å². The monoisotopic (exact) mass is 366 g/mol. The summed E-state index contributed by atoms with van der Waals surface area (Å²) >= 11 is 0. The number of phenols is 1. The van der Waals surface area contributed by atoms with Gasteiger partial charge < -0.3 is 14.3 Å². The molecule has 1 N–H and O–H groups in total. The van der Waals surface area contributed by atoms with Crippen LogP contribution in [0.15, 0.2) is 54.6 Å². The molecule has 0 fully saturated rings. The van der Waals surface area contributed by atoms with Gasteiger partial charge in [0.1, 0.15) is 22.8 Å². The van der Waals surface area contributed by atoms with Crippen LogP contribution in [0.1, 0.15) is 15.9 Å². The number of aryl methyl sites for hydroxylation is 1. The summed E-state index contributed by atoms with van der Waals surface area (Å²) in [5, 5.41) is 12.1. The predicted molar refractivity (Wildman–Crippen MR) is 106 cm³/mol. The van der Waals surface area contributed by atoms with Crippen LogP contribution in [0.3, 0.4) is 0 Å². The summed E-state index contributed by atoms with van der Waals surface area (Å²) in [5.74, 6) is 0.328. The zero-order chi connectivity index (χ0) is 18.9. The number of hydrogen-bond acceptors (Lipinski definition) is 4. The van der Waals surface area contributed by atoms with Crippen molar-refractivity contribution < 1.29 is 19.1 Å². The zero-order valence-electron chi connectivity index (χ0n) is 15.4. The number of para-hydroxylation sites is 1. The Hall–Kier alpha value is -2.79.